The van der Waals surface area contributed by atoms with E-state index in [-0.39, 0.29) is 88.2 Å². The zero-order chi connectivity index (χ0) is 72.0. The highest BCUT2D eigenvalue weighted by atomic mass is 16.4. The topological polar surface area (TPSA) is 373 Å². The van der Waals surface area contributed by atoms with Crippen molar-refractivity contribution in [2.75, 3.05) is 0 Å². The van der Waals surface area contributed by atoms with E-state index in [4.69, 9.17) is 30.0 Å². The standard InChI is InChI=1S/C82H40N6O16/c89-75(90)43-5-1-3-35(21-43)7-9-37-23-45(77(93)94)29-57-63(37)51-15-17-53-65-39(25-47(79(97)98)31-59(65)85-71(53)69(51)83-57)11-13-41-27-49(81(101)102)33-61-67(41)55-19-20-56-68-42(28-50(82(103)104)34-62(68)88-74(56)73(55)87-61)14-12-40-26-48(80(99)100)32-60-66(40)54-18-16-52-64-38(10-8-36-4-2-6-44(22-36)76(91)92)24-46(78(95)96)30-58(64)84-70(52)72(54)86-60/h1-6,21-34H,15-20H2,(H,89,90)(H,91,92)(H,93,94)(H,95,96)(H,97,98)(H,99,100)(H,101,102)(H,103,104). The fraction of sp³-hybridized carbons (Fsp3) is 0.0732. The number of benzene rings is 8. The molecule has 17 rings (SSSR count). The van der Waals surface area contributed by atoms with E-state index in [1.54, 1.807) is 24.3 Å². The Balaban J connectivity index is 0.781. The lowest BCUT2D eigenvalue weighted by Gasteiger charge is -2.16. The second kappa shape index (κ2) is 23.3. The molecule has 0 spiro atoms. The average Bonchev–Trinajstić information content (AvgIpc) is 1.58. The van der Waals surface area contributed by atoms with Crippen molar-refractivity contribution in [2.45, 2.75) is 38.5 Å². The molecule has 8 N–H and O–H groups in total. The van der Waals surface area contributed by atoms with Crippen molar-refractivity contribution in [3.63, 3.8) is 0 Å². The largest absolute Gasteiger partial charge is 0.478 e. The van der Waals surface area contributed by atoms with Gasteiger partial charge in [-0.3, -0.25) is 0 Å². The van der Waals surface area contributed by atoms with Gasteiger partial charge in [0, 0.05) is 75.8 Å². The summed E-state index contributed by atoms with van der Waals surface area (Å²) in [5, 5.41) is 86.6. The Bertz CT molecular complexity index is 6660. The number of carbonyl (C=O) groups is 8. The van der Waals surface area contributed by atoms with Crippen LogP contribution in [0.4, 0.5) is 0 Å². The van der Waals surface area contributed by atoms with E-state index in [0.29, 0.717) is 159 Å². The molecular weight excluding hydrogens is 1320 g/mol. The molecule has 22 heteroatoms. The summed E-state index contributed by atoms with van der Waals surface area (Å²) < 4.78 is 0. The molecule has 0 saturated carbocycles. The summed E-state index contributed by atoms with van der Waals surface area (Å²) in [6.07, 6.45) is 2.08. The van der Waals surface area contributed by atoms with Gasteiger partial charge in [0.05, 0.1) is 111 Å². The van der Waals surface area contributed by atoms with Crippen LogP contribution in [0.15, 0.2) is 185 Å². The lowest BCUT2D eigenvalue weighted by molar-refractivity contribution is 0.0686. The third-order valence-electron chi connectivity index (χ3n) is 19.2. The molecule has 6 aliphatic heterocycles. The highest BCUT2D eigenvalue weighted by molar-refractivity contribution is 5.96. The Morgan fingerprint density at radius 1 is 0.231 bits per heavy atom. The molecule has 0 unspecified atom stereocenters. The molecule has 22 nitrogen and oxygen atoms in total. The van der Waals surface area contributed by atoms with Gasteiger partial charge in [0.15, 0.2) is 0 Å². The monoisotopic (exact) mass is 1360 g/mol. The number of nitrogens with zero attached hydrogens (tertiary/aromatic N) is 6. The minimum Gasteiger partial charge on any atom is -0.478 e. The first-order chi connectivity index (χ1) is 50.1. The summed E-state index contributed by atoms with van der Waals surface area (Å²) in [5.74, 6) is 15.0. The van der Waals surface area contributed by atoms with Crippen molar-refractivity contribution in [3.8, 4) is 47.4 Å². The highest BCUT2D eigenvalue weighted by Gasteiger charge is 2.35. The molecule has 0 atom stereocenters. The fourth-order valence-corrected chi connectivity index (χ4v) is 14.8. The quantitative estimate of drug-likeness (QED) is 0.101. The molecule has 3 aliphatic carbocycles. The number of hydrogen-bond donors (Lipinski definition) is 8. The van der Waals surface area contributed by atoms with E-state index in [9.17, 15) is 79.2 Å². The van der Waals surface area contributed by atoms with Gasteiger partial charge in [-0.1, -0.05) is 59.5 Å². The first kappa shape index (κ1) is 62.5. The number of fused-ring (bicyclic) bond motifs is 12. The average molecular weight is 1370 g/mol. The van der Waals surface area contributed by atoms with E-state index >= 15 is 0 Å². The van der Waals surface area contributed by atoms with Gasteiger partial charge in [-0.2, -0.15) is 0 Å². The maximum absolute atomic E-state index is 12.9. The molecule has 0 bridgehead atoms. The van der Waals surface area contributed by atoms with Crippen LogP contribution in [0.25, 0.3) is 33.4 Å². The van der Waals surface area contributed by atoms with E-state index < -0.39 is 47.8 Å². The second-order valence-corrected chi connectivity index (χ2v) is 25.2. The van der Waals surface area contributed by atoms with Crippen molar-refractivity contribution in [1.29, 1.82) is 0 Å². The second-order valence-electron chi connectivity index (χ2n) is 25.2. The minimum atomic E-state index is -1.29. The van der Waals surface area contributed by atoms with Crippen molar-refractivity contribution < 1.29 is 79.2 Å². The highest BCUT2D eigenvalue weighted by Crippen LogP contribution is 2.41. The Kier molecular flexibility index (Phi) is 14.0. The predicted octanol–water partition coefficient (Wildman–Crippen LogP) is 2.69. The molecule has 8 aromatic carbocycles. The number of allylic oxidation sites excluding steroid dienone is 6. The maximum atomic E-state index is 12.9. The van der Waals surface area contributed by atoms with Crippen molar-refractivity contribution in [2.24, 2.45) is 30.0 Å². The molecule has 0 saturated heterocycles. The predicted molar refractivity (Wildman–Crippen MR) is 365 cm³/mol. The summed E-state index contributed by atoms with van der Waals surface area (Å²) in [6, 6.07) is 29.1. The molecule has 494 valence electrons. The van der Waals surface area contributed by atoms with Crippen molar-refractivity contribution >= 4 is 81.2 Å². The minimum absolute atomic E-state index is 0.0209. The number of rotatable bonds is 8. The fourth-order valence-electron chi connectivity index (χ4n) is 14.8. The van der Waals surface area contributed by atoms with Crippen molar-refractivity contribution in [1.82, 2.24) is 0 Å². The van der Waals surface area contributed by atoms with Crippen LogP contribution >= 0.6 is 0 Å². The Labute approximate surface area is 581 Å². The summed E-state index contributed by atoms with van der Waals surface area (Å²) in [7, 11) is 0. The van der Waals surface area contributed by atoms with Crippen LogP contribution in [0.3, 0.4) is 0 Å². The SMILES string of the molecule is O=C(O)c1cccc(C#Cc2cc(C(=O)O)cc3c2=C2CCC4=c5c(C#Cc6cc(C(=O)O)cc7c6=C6CCC8=c9c(C#Cc%10cc(C(=O)O)cc%11c%10=C%10CCC%12=c%13c(C#Cc%14cccc(C(=O)O)c%14)cc(C(=O)O)cc%13=NC%12=C%10N=%11)cc(C(=O)O)cc9=NC8=C6N=7)cc(C(=O)O)cc5=NC4=C2N=3)c1. The third-order valence-corrected chi connectivity index (χ3v) is 19.2. The number of carboxylic acids is 8. The van der Waals surface area contributed by atoms with Crippen LogP contribution in [0.2, 0.25) is 0 Å². The van der Waals surface area contributed by atoms with Crippen molar-refractivity contribution in [3.05, 3.63) is 308 Å². The normalized spacial score (nSPS) is 14.8. The Hall–Kier alpha value is -15.0. The van der Waals surface area contributed by atoms with Gasteiger partial charge < -0.3 is 40.9 Å². The molecule has 9 aliphatic rings. The van der Waals surface area contributed by atoms with Gasteiger partial charge in [0.1, 0.15) is 0 Å². The molecule has 0 radical (unpaired) electrons. The van der Waals surface area contributed by atoms with E-state index in [2.05, 4.69) is 47.4 Å². The zero-order valence-corrected chi connectivity index (χ0v) is 53.3. The summed E-state index contributed by atoms with van der Waals surface area (Å²) in [4.78, 5) is 130. The lowest BCUT2D eigenvalue weighted by Crippen LogP contribution is -2.30. The summed E-state index contributed by atoms with van der Waals surface area (Å²) in [6.45, 7) is 0. The summed E-state index contributed by atoms with van der Waals surface area (Å²) in [5.41, 5.74) is 8.40. The lowest BCUT2D eigenvalue weighted by atomic mass is 9.88. The first-order valence-electron chi connectivity index (χ1n) is 32.0. The molecule has 8 aromatic rings. The van der Waals surface area contributed by atoms with Crippen LogP contribution < -0.4 is 63.5 Å². The maximum Gasteiger partial charge on any atom is 0.335 e. The third kappa shape index (κ3) is 10.1. The van der Waals surface area contributed by atoms with Gasteiger partial charge in [-0.15, -0.1) is 0 Å². The molecule has 104 heavy (non-hydrogen) atoms. The number of aromatic carboxylic acids is 8. The molecule has 6 heterocycles. The summed E-state index contributed by atoms with van der Waals surface area (Å²) >= 11 is 0. The van der Waals surface area contributed by atoms with Gasteiger partial charge in [-0.05, 0) is 181 Å². The Morgan fingerprint density at radius 2 is 0.413 bits per heavy atom. The van der Waals surface area contributed by atoms with Crippen LogP contribution in [0, 0.1) is 47.4 Å². The number of carboxylic acid groups (broad SMARTS) is 8. The van der Waals surface area contributed by atoms with Gasteiger partial charge in [-0.25, -0.2) is 68.3 Å². The number of hydrogen-bond acceptors (Lipinski definition) is 14. The Morgan fingerprint density at radius 3 is 0.596 bits per heavy atom. The van der Waals surface area contributed by atoms with Crippen LogP contribution in [-0.2, 0) is 0 Å². The van der Waals surface area contributed by atoms with Gasteiger partial charge in [0.2, 0.25) is 0 Å². The first-order valence-corrected chi connectivity index (χ1v) is 32.0. The van der Waals surface area contributed by atoms with Gasteiger partial charge in [0.25, 0.3) is 0 Å². The van der Waals surface area contributed by atoms with Crippen LogP contribution in [0.1, 0.15) is 166 Å². The van der Waals surface area contributed by atoms with Crippen LogP contribution in [0.5, 0.6) is 0 Å². The van der Waals surface area contributed by atoms with E-state index in [1.165, 1.54) is 97.1 Å². The molecule has 0 fully saturated rings. The zero-order valence-electron chi connectivity index (χ0n) is 53.3. The van der Waals surface area contributed by atoms with E-state index in [1.807, 2.05) is 0 Å². The molecular formula is C82H40N6O16. The molecule has 0 amide bonds. The smallest absolute Gasteiger partial charge is 0.335 e. The van der Waals surface area contributed by atoms with E-state index in [0.717, 1.165) is 11.1 Å². The van der Waals surface area contributed by atoms with Gasteiger partial charge >= 0.3 is 47.8 Å². The molecule has 0 aromatic heterocycles. The van der Waals surface area contributed by atoms with Crippen LogP contribution in [-0.4, -0.2) is 88.6 Å².